The van der Waals surface area contributed by atoms with Crippen LogP contribution in [0.15, 0.2) is 30.3 Å². The highest BCUT2D eigenvalue weighted by Gasteiger charge is 2.21. The maximum Gasteiger partial charge on any atom is 0.328 e. The number of hydroxylamine groups is 1. The Balaban J connectivity index is 2.28. The van der Waals surface area contributed by atoms with Crippen LogP contribution in [0.5, 0.6) is 0 Å². The molecule has 0 saturated carbocycles. The van der Waals surface area contributed by atoms with E-state index in [4.69, 9.17) is 5.21 Å². The maximum absolute atomic E-state index is 12.0. The standard InChI is InChI=1S/C20H28N2O6/c1-28-20(26)17(11-7-13-19(25)22-27)21-18(24)12-6-5-10-16(23)14-15-8-3-2-4-9-15/h2-4,8-9,17,27H,5-7,10-14H2,1H3,(H,21,24)(H,22,25)/t17-/m1/s1. The topological polar surface area (TPSA) is 122 Å². The van der Waals surface area contributed by atoms with Crippen molar-refractivity contribution in [1.82, 2.24) is 10.8 Å². The Bertz CT molecular complexity index is 647. The molecule has 28 heavy (non-hydrogen) atoms. The van der Waals surface area contributed by atoms with Gasteiger partial charge in [-0.25, -0.2) is 10.3 Å². The third-order valence-electron chi connectivity index (χ3n) is 4.20. The van der Waals surface area contributed by atoms with E-state index in [1.54, 1.807) is 0 Å². The van der Waals surface area contributed by atoms with Gasteiger partial charge in [0.25, 0.3) is 0 Å². The summed E-state index contributed by atoms with van der Waals surface area (Å²) in [5.74, 6) is -1.33. The van der Waals surface area contributed by atoms with E-state index in [-0.39, 0.29) is 31.0 Å². The predicted octanol–water partition coefficient (Wildman–Crippen LogP) is 1.69. The highest BCUT2D eigenvalue weighted by Crippen LogP contribution is 2.08. The van der Waals surface area contributed by atoms with Gasteiger partial charge in [-0.15, -0.1) is 0 Å². The lowest BCUT2D eigenvalue weighted by Crippen LogP contribution is -2.41. The van der Waals surface area contributed by atoms with E-state index < -0.39 is 17.9 Å². The highest BCUT2D eigenvalue weighted by atomic mass is 16.5. The van der Waals surface area contributed by atoms with Gasteiger partial charge in [-0.1, -0.05) is 30.3 Å². The average molecular weight is 392 g/mol. The van der Waals surface area contributed by atoms with Crippen LogP contribution in [-0.4, -0.2) is 41.9 Å². The molecule has 154 valence electrons. The number of unbranched alkanes of at least 4 members (excludes halogenated alkanes) is 1. The smallest absolute Gasteiger partial charge is 0.328 e. The lowest BCUT2D eigenvalue weighted by molar-refractivity contribution is -0.145. The van der Waals surface area contributed by atoms with Crippen LogP contribution in [0, 0.1) is 0 Å². The fraction of sp³-hybridized carbons (Fsp3) is 0.500. The predicted molar refractivity (Wildman–Crippen MR) is 101 cm³/mol. The average Bonchev–Trinajstić information content (AvgIpc) is 2.70. The van der Waals surface area contributed by atoms with Gasteiger partial charge < -0.3 is 10.1 Å². The molecule has 3 N–H and O–H groups in total. The molecular formula is C20H28N2O6. The first-order chi connectivity index (χ1) is 13.5. The van der Waals surface area contributed by atoms with Crippen molar-refractivity contribution >= 4 is 23.6 Å². The molecule has 0 aliphatic heterocycles. The molecule has 2 amide bonds. The van der Waals surface area contributed by atoms with Gasteiger partial charge in [-0.2, -0.15) is 0 Å². The monoisotopic (exact) mass is 392 g/mol. The number of carbonyl (C=O) groups excluding carboxylic acids is 4. The van der Waals surface area contributed by atoms with Crippen molar-refractivity contribution in [2.75, 3.05) is 7.11 Å². The summed E-state index contributed by atoms with van der Waals surface area (Å²) in [7, 11) is 1.22. The van der Waals surface area contributed by atoms with Crippen molar-refractivity contribution in [2.24, 2.45) is 0 Å². The number of esters is 1. The third kappa shape index (κ3) is 9.82. The molecule has 0 saturated heterocycles. The number of ketones is 1. The Hall–Kier alpha value is -2.74. The van der Waals surface area contributed by atoms with Gasteiger partial charge in [0, 0.05) is 25.7 Å². The normalized spacial score (nSPS) is 11.4. The first kappa shape index (κ1) is 23.3. The number of benzene rings is 1. The first-order valence-electron chi connectivity index (χ1n) is 9.32. The van der Waals surface area contributed by atoms with Gasteiger partial charge in [-0.05, 0) is 31.2 Å². The Morgan fingerprint density at radius 1 is 0.964 bits per heavy atom. The van der Waals surface area contributed by atoms with Gasteiger partial charge in [0.2, 0.25) is 11.8 Å². The van der Waals surface area contributed by atoms with Crippen molar-refractivity contribution in [2.45, 2.75) is 57.4 Å². The molecular weight excluding hydrogens is 364 g/mol. The van der Waals surface area contributed by atoms with Crippen LogP contribution >= 0.6 is 0 Å². The van der Waals surface area contributed by atoms with E-state index in [9.17, 15) is 19.2 Å². The lowest BCUT2D eigenvalue weighted by Gasteiger charge is -2.16. The zero-order chi connectivity index (χ0) is 20.8. The molecule has 0 bridgehead atoms. The van der Waals surface area contributed by atoms with Gasteiger partial charge in [0.1, 0.15) is 11.8 Å². The zero-order valence-corrected chi connectivity index (χ0v) is 16.1. The number of methoxy groups -OCH3 is 1. The van der Waals surface area contributed by atoms with E-state index >= 15 is 0 Å². The van der Waals surface area contributed by atoms with Crippen molar-refractivity contribution in [3.63, 3.8) is 0 Å². The van der Waals surface area contributed by atoms with Gasteiger partial charge in [0.15, 0.2) is 0 Å². The third-order valence-corrected chi connectivity index (χ3v) is 4.20. The number of amides is 2. The molecule has 8 heteroatoms. The Labute approximate surface area is 164 Å². The molecule has 0 unspecified atom stereocenters. The molecule has 8 nitrogen and oxygen atoms in total. The Kier molecular flexibility index (Phi) is 11.2. The highest BCUT2D eigenvalue weighted by molar-refractivity contribution is 5.84. The molecule has 0 radical (unpaired) electrons. The van der Waals surface area contributed by atoms with Crippen LogP contribution in [0.25, 0.3) is 0 Å². The largest absolute Gasteiger partial charge is 0.467 e. The van der Waals surface area contributed by atoms with E-state index in [1.165, 1.54) is 12.6 Å². The van der Waals surface area contributed by atoms with Gasteiger partial charge in [0.05, 0.1) is 7.11 Å². The van der Waals surface area contributed by atoms with E-state index in [0.717, 1.165) is 5.56 Å². The summed E-state index contributed by atoms with van der Waals surface area (Å²) in [5.41, 5.74) is 2.48. The van der Waals surface area contributed by atoms with Crippen LogP contribution in [-0.2, 0) is 30.3 Å². The number of ether oxygens (including phenoxy) is 1. The molecule has 0 aromatic heterocycles. The van der Waals surface area contributed by atoms with Crippen LogP contribution in [0.3, 0.4) is 0 Å². The summed E-state index contributed by atoms with van der Waals surface area (Å²) >= 11 is 0. The number of nitrogens with one attached hydrogen (secondary N) is 2. The number of hydrogen-bond donors (Lipinski definition) is 3. The van der Waals surface area contributed by atoms with Crippen molar-refractivity contribution in [1.29, 1.82) is 0 Å². The minimum Gasteiger partial charge on any atom is -0.467 e. The van der Waals surface area contributed by atoms with Crippen molar-refractivity contribution in [3.8, 4) is 0 Å². The number of carbonyl (C=O) groups is 4. The molecule has 1 aromatic carbocycles. The molecule has 1 atom stereocenters. The molecule has 1 aromatic rings. The first-order valence-corrected chi connectivity index (χ1v) is 9.32. The summed E-state index contributed by atoms with van der Waals surface area (Å²) in [5, 5.41) is 11.1. The summed E-state index contributed by atoms with van der Waals surface area (Å²) in [6.45, 7) is 0. The summed E-state index contributed by atoms with van der Waals surface area (Å²) in [6.07, 6.45) is 2.68. The molecule has 0 heterocycles. The van der Waals surface area contributed by atoms with Crippen LogP contribution in [0.2, 0.25) is 0 Å². The quantitative estimate of drug-likeness (QED) is 0.203. The van der Waals surface area contributed by atoms with Crippen molar-refractivity contribution in [3.05, 3.63) is 35.9 Å². The lowest BCUT2D eigenvalue weighted by atomic mass is 10.0. The molecule has 0 fully saturated rings. The fourth-order valence-corrected chi connectivity index (χ4v) is 2.70. The molecule has 0 aliphatic rings. The summed E-state index contributed by atoms with van der Waals surface area (Å²) in [6, 6.07) is 8.64. The minimum atomic E-state index is -0.844. The van der Waals surface area contributed by atoms with Crippen LogP contribution in [0.1, 0.15) is 50.5 Å². The number of rotatable bonds is 13. The molecule has 1 rings (SSSR count). The second-order valence-electron chi connectivity index (χ2n) is 6.48. The van der Waals surface area contributed by atoms with Crippen LogP contribution in [0.4, 0.5) is 0 Å². The second kappa shape index (κ2) is 13.4. The minimum absolute atomic E-state index is 0.0311. The zero-order valence-electron chi connectivity index (χ0n) is 16.1. The summed E-state index contributed by atoms with van der Waals surface area (Å²) in [4.78, 5) is 46.8. The molecule has 0 aliphatic carbocycles. The second-order valence-corrected chi connectivity index (χ2v) is 6.48. The van der Waals surface area contributed by atoms with E-state index in [0.29, 0.717) is 32.1 Å². The fourth-order valence-electron chi connectivity index (χ4n) is 2.70. The van der Waals surface area contributed by atoms with E-state index in [1.807, 2.05) is 30.3 Å². The Morgan fingerprint density at radius 2 is 1.61 bits per heavy atom. The van der Waals surface area contributed by atoms with Gasteiger partial charge in [-0.3, -0.25) is 19.6 Å². The maximum atomic E-state index is 12.0. The van der Waals surface area contributed by atoms with Crippen molar-refractivity contribution < 1.29 is 29.1 Å². The SMILES string of the molecule is COC(=O)[C@@H](CCCC(=O)NO)NC(=O)CCCCC(=O)Cc1ccccc1. The van der Waals surface area contributed by atoms with Crippen LogP contribution < -0.4 is 10.8 Å². The van der Waals surface area contributed by atoms with E-state index in [2.05, 4.69) is 10.1 Å². The number of hydrogen-bond acceptors (Lipinski definition) is 6. The number of Topliss-reactive ketones (excluding diaryl/α,β-unsaturated/α-hetero) is 1. The van der Waals surface area contributed by atoms with Gasteiger partial charge >= 0.3 is 5.97 Å². The Morgan fingerprint density at radius 3 is 2.25 bits per heavy atom. The summed E-state index contributed by atoms with van der Waals surface area (Å²) < 4.78 is 4.66. The molecule has 0 spiro atoms.